The number of fused-ring (bicyclic) bond motifs is 1. The molecule has 6 nitrogen and oxygen atoms in total. The van der Waals surface area contributed by atoms with E-state index in [9.17, 15) is 17.6 Å². The van der Waals surface area contributed by atoms with E-state index in [2.05, 4.69) is 21.6 Å². The third kappa shape index (κ3) is 4.90. The van der Waals surface area contributed by atoms with Gasteiger partial charge in [-0.15, -0.1) is 17.9 Å². The van der Waals surface area contributed by atoms with Crippen LogP contribution in [0.5, 0.6) is 0 Å². The van der Waals surface area contributed by atoms with Crippen molar-refractivity contribution in [3.8, 4) is 0 Å². The molecule has 0 bridgehead atoms. The third-order valence-electron chi connectivity index (χ3n) is 5.25. The lowest BCUT2D eigenvalue weighted by molar-refractivity contribution is 0.0952. The van der Waals surface area contributed by atoms with E-state index in [1.54, 1.807) is 11.3 Å². The highest BCUT2D eigenvalue weighted by Gasteiger charge is 2.23. The highest BCUT2D eigenvalue weighted by molar-refractivity contribution is 7.89. The predicted octanol–water partition coefficient (Wildman–Crippen LogP) is 4.39. The topological polar surface area (TPSA) is 91.1 Å². The Hall–Kier alpha value is -3.27. The number of amides is 1. The first-order valence-corrected chi connectivity index (χ1v) is 12.5. The van der Waals surface area contributed by atoms with Crippen LogP contribution in [-0.2, 0) is 10.0 Å². The van der Waals surface area contributed by atoms with E-state index in [1.807, 2.05) is 48.0 Å². The number of hydrogen-bond donors (Lipinski definition) is 3. The van der Waals surface area contributed by atoms with Crippen LogP contribution in [0.3, 0.4) is 0 Å². The molecule has 0 fully saturated rings. The normalized spacial score (nSPS) is 12.5. The van der Waals surface area contributed by atoms with E-state index >= 15 is 0 Å². The van der Waals surface area contributed by atoms with Crippen molar-refractivity contribution in [2.45, 2.75) is 10.8 Å². The lowest BCUT2D eigenvalue weighted by atomic mass is 9.96. The molecule has 0 aliphatic carbocycles. The van der Waals surface area contributed by atoms with Crippen LogP contribution in [0.25, 0.3) is 10.9 Å². The quantitative estimate of drug-likeness (QED) is 0.308. The molecule has 1 amide bonds. The van der Waals surface area contributed by atoms with Crippen LogP contribution in [0.2, 0.25) is 0 Å². The molecular formula is C24H22FN3O3S2. The number of sulfonamides is 1. The summed E-state index contributed by atoms with van der Waals surface area (Å²) in [6.07, 6.45) is 3.29. The molecule has 1 atom stereocenters. The number of para-hydroxylation sites is 1. The maximum atomic E-state index is 14.2. The van der Waals surface area contributed by atoms with Gasteiger partial charge in [0.05, 0.1) is 0 Å². The predicted molar refractivity (Wildman–Crippen MR) is 129 cm³/mol. The standard InChI is InChI=1S/C24H22FN3O3S2/c1-2-11-28-33(30,31)23-13-16(9-10-20(23)25)24(29)27-15-19(22-8-5-12-32-22)18-14-26-21-7-4-3-6-17(18)21/h2-10,12-14,19,26,28H,1,11,15H2,(H,27,29). The Morgan fingerprint density at radius 2 is 2.00 bits per heavy atom. The van der Waals surface area contributed by atoms with Gasteiger partial charge in [0.2, 0.25) is 10.0 Å². The average molecular weight is 484 g/mol. The molecule has 3 N–H and O–H groups in total. The zero-order valence-electron chi connectivity index (χ0n) is 17.5. The number of H-pyrrole nitrogens is 1. The van der Waals surface area contributed by atoms with Crippen LogP contribution in [0, 0.1) is 5.82 Å². The van der Waals surface area contributed by atoms with Crippen molar-refractivity contribution < 1.29 is 17.6 Å². The van der Waals surface area contributed by atoms with Crippen LogP contribution in [0.4, 0.5) is 4.39 Å². The van der Waals surface area contributed by atoms with Crippen LogP contribution in [0.1, 0.15) is 26.7 Å². The fourth-order valence-corrected chi connectivity index (χ4v) is 5.57. The molecule has 0 spiro atoms. The molecule has 0 aliphatic rings. The molecule has 4 rings (SSSR count). The summed E-state index contributed by atoms with van der Waals surface area (Å²) in [7, 11) is -4.11. The highest BCUT2D eigenvalue weighted by Crippen LogP contribution is 2.33. The first-order valence-electron chi connectivity index (χ1n) is 10.2. The van der Waals surface area contributed by atoms with E-state index in [0.717, 1.165) is 33.5 Å². The highest BCUT2D eigenvalue weighted by atomic mass is 32.2. The smallest absolute Gasteiger partial charge is 0.251 e. The summed E-state index contributed by atoms with van der Waals surface area (Å²) < 4.78 is 41.1. The van der Waals surface area contributed by atoms with Crippen LogP contribution < -0.4 is 10.0 Å². The number of carbonyl (C=O) groups excluding carboxylic acids is 1. The van der Waals surface area contributed by atoms with Gasteiger partial charge in [0.25, 0.3) is 5.91 Å². The minimum Gasteiger partial charge on any atom is -0.361 e. The van der Waals surface area contributed by atoms with Crippen molar-refractivity contribution in [3.63, 3.8) is 0 Å². The molecule has 2 aromatic carbocycles. The molecule has 0 saturated heterocycles. The fraction of sp³-hybridized carbons (Fsp3) is 0.125. The molecule has 2 heterocycles. The van der Waals surface area contributed by atoms with Crippen molar-refractivity contribution >= 4 is 38.2 Å². The van der Waals surface area contributed by atoms with Crippen molar-refractivity contribution in [3.05, 3.63) is 101 Å². The number of benzene rings is 2. The van der Waals surface area contributed by atoms with Gasteiger partial charge in [-0.3, -0.25) is 4.79 Å². The number of hydrogen-bond acceptors (Lipinski definition) is 4. The number of aromatic nitrogens is 1. The SMILES string of the molecule is C=CCNS(=O)(=O)c1cc(C(=O)NCC(c2cccs2)c2c[nH]c3ccccc23)ccc1F. The zero-order chi connectivity index (χ0) is 23.4. The summed E-state index contributed by atoms with van der Waals surface area (Å²) in [6.45, 7) is 3.68. The summed E-state index contributed by atoms with van der Waals surface area (Å²) >= 11 is 1.59. The molecule has 9 heteroatoms. The van der Waals surface area contributed by atoms with Gasteiger partial charge in [-0.05, 0) is 41.3 Å². The monoisotopic (exact) mass is 483 g/mol. The second-order valence-electron chi connectivity index (χ2n) is 7.35. The van der Waals surface area contributed by atoms with Gasteiger partial charge in [-0.25, -0.2) is 17.5 Å². The number of rotatable bonds is 9. The molecule has 2 aromatic heterocycles. The Morgan fingerprint density at radius 3 is 2.76 bits per heavy atom. The summed E-state index contributed by atoms with van der Waals surface area (Å²) in [4.78, 5) is 16.7. The zero-order valence-corrected chi connectivity index (χ0v) is 19.2. The molecule has 0 radical (unpaired) electrons. The molecule has 1 unspecified atom stereocenters. The summed E-state index contributed by atoms with van der Waals surface area (Å²) in [5, 5.41) is 5.92. The van der Waals surface area contributed by atoms with Crippen molar-refractivity contribution in [1.82, 2.24) is 15.0 Å². The van der Waals surface area contributed by atoms with Gasteiger partial charge >= 0.3 is 0 Å². The number of aromatic amines is 1. The number of halogens is 1. The van der Waals surface area contributed by atoms with Crippen LogP contribution in [0.15, 0.2) is 83.7 Å². The number of thiophene rings is 1. The first kappa shape index (κ1) is 22.9. The Balaban J connectivity index is 1.59. The average Bonchev–Trinajstić information content (AvgIpc) is 3.49. The maximum Gasteiger partial charge on any atom is 0.251 e. The third-order valence-corrected chi connectivity index (χ3v) is 7.68. The number of carbonyl (C=O) groups is 1. The summed E-state index contributed by atoms with van der Waals surface area (Å²) in [6, 6.07) is 15.2. The number of nitrogens with one attached hydrogen (secondary N) is 3. The lowest BCUT2D eigenvalue weighted by Crippen LogP contribution is -2.29. The van der Waals surface area contributed by atoms with E-state index < -0.39 is 26.6 Å². The molecule has 33 heavy (non-hydrogen) atoms. The van der Waals surface area contributed by atoms with Crippen LogP contribution in [-0.4, -0.2) is 32.4 Å². The van der Waals surface area contributed by atoms with Gasteiger partial charge in [0.1, 0.15) is 10.7 Å². The van der Waals surface area contributed by atoms with E-state index in [1.165, 1.54) is 12.1 Å². The molecule has 4 aromatic rings. The second kappa shape index (κ2) is 9.70. The van der Waals surface area contributed by atoms with Crippen molar-refractivity contribution in [2.75, 3.05) is 13.1 Å². The summed E-state index contributed by atoms with van der Waals surface area (Å²) in [5.41, 5.74) is 2.10. The van der Waals surface area contributed by atoms with Gasteiger partial charge in [-0.2, -0.15) is 0 Å². The van der Waals surface area contributed by atoms with Crippen molar-refractivity contribution in [2.24, 2.45) is 0 Å². The molecule has 170 valence electrons. The van der Waals surface area contributed by atoms with Crippen LogP contribution >= 0.6 is 11.3 Å². The fourth-order valence-electron chi connectivity index (χ4n) is 3.63. The van der Waals surface area contributed by atoms with Gasteiger partial charge in [0.15, 0.2) is 0 Å². The lowest BCUT2D eigenvalue weighted by Gasteiger charge is -2.17. The minimum absolute atomic E-state index is 0.0503. The molecule has 0 saturated carbocycles. The Morgan fingerprint density at radius 1 is 1.18 bits per heavy atom. The van der Waals surface area contributed by atoms with Gasteiger partial charge in [-0.1, -0.05) is 30.3 Å². The maximum absolute atomic E-state index is 14.2. The molecule has 0 aliphatic heterocycles. The van der Waals surface area contributed by atoms with Crippen molar-refractivity contribution in [1.29, 1.82) is 0 Å². The Kier molecular flexibility index (Phi) is 6.73. The molecular weight excluding hydrogens is 461 g/mol. The van der Waals surface area contributed by atoms with Gasteiger partial charge < -0.3 is 10.3 Å². The van der Waals surface area contributed by atoms with E-state index in [-0.39, 0.29) is 24.6 Å². The van der Waals surface area contributed by atoms with Gasteiger partial charge in [0, 0.05) is 46.5 Å². The Bertz CT molecular complexity index is 1400. The first-order chi connectivity index (χ1) is 15.9. The van der Waals surface area contributed by atoms with E-state index in [4.69, 9.17) is 0 Å². The van der Waals surface area contributed by atoms with E-state index in [0.29, 0.717) is 0 Å². The Labute approximate surface area is 195 Å². The largest absolute Gasteiger partial charge is 0.361 e. The minimum atomic E-state index is -4.11. The second-order valence-corrected chi connectivity index (χ2v) is 10.1. The summed E-state index contributed by atoms with van der Waals surface area (Å²) in [5.74, 6) is -1.53.